The fourth-order valence-corrected chi connectivity index (χ4v) is 6.40. The molecule has 0 saturated carbocycles. The van der Waals surface area contributed by atoms with Gasteiger partial charge in [-0.05, 0) is 52.3 Å². The van der Waals surface area contributed by atoms with Crippen molar-refractivity contribution in [2.45, 2.75) is 69.6 Å². The third-order valence-corrected chi connectivity index (χ3v) is 8.11. The molecule has 0 radical (unpaired) electrons. The molecule has 0 fully saturated rings. The van der Waals surface area contributed by atoms with Crippen LogP contribution in [0.1, 0.15) is 74.6 Å². The molecular weight excluding hydrogens is 408 g/mol. The highest BCUT2D eigenvalue weighted by atomic mass is 35.5. The van der Waals surface area contributed by atoms with E-state index >= 15 is 0 Å². The Kier molecular flexibility index (Phi) is 5.76. The van der Waals surface area contributed by atoms with Gasteiger partial charge in [-0.1, -0.05) is 124 Å². The molecule has 0 spiro atoms. The Morgan fingerprint density at radius 1 is 0.781 bits per heavy atom. The van der Waals surface area contributed by atoms with Crippen molar-refractivity contribution in [1.82, 2.24) is 0 Å². The zero-order valence-corrected chi connectivity index (χ0v) is 20.1. The van der Waals surface area contributed by atoms with E-state index in [1.165, 1.54) is 59.1 Å². The van der Waals surface area contributed by atoms with Crippen LogP contribution < -0.4 is 0 Å². The van der Waals surface area contributed by atoms with Crippen molar-refractivity contribution in [1.29, 1.82) is 0 Å². The molecule has 0 unspecified atom stereocenters. The maximum atomic E-state index is 7.46. The van der Waals surface area contributed by atoms with Crippen LogP contribution in [0.25, 0.3) is 11.1 Å². The van der Waals surface area contributed by atoms with Crippen LogP contribution in [0.2, 0.25) is 5.02 Å². The van der Waals surface area contributed by atoms with Crippen LogP contribution >= 0.6 is 11.6 Å². The lowest BCUT2D eigenvalue weighted by Gasteiger charge is -2.37. The van der Waals surface area contributed by atoms with Gasteiger partial charge in [-0.2, -0.15) is 0 Å². The second-order valence-corrected chi connectivity index (χ2v) is 10.1. The molecule has 3 aliphatic carbocycles. The lowest BCUT2D eigenvalue weighted by Crippen LogP contribution is -2.29. The summed E-state index contributed by atoms with van der Waals surface area (Å²) in [5, 5.41) is 0.991. The van der Waals surface area contributed by atoms with Gasteiger partial charge in [0.15, 0.2) is 0 Å². The Bertz CT molecular complexity index is 1120. The third kappa shape index (κ3) is 3.35. The third-order valence-electron chi connectivity index (χ3n) is 7.69. The van der Waals surface area contributed by atoms with Gasteiger partial charge in [0.1, 0.15) is 0 Å². The van der Waals surface area contributed by atoms with Crippen LogP contribution in [0, 0.1) is 0 Å². The summed E-state index contributed by atoms with van der Waals surface area (Å²) in [6.07, 6.45) is 26.5. The first-order valence-corrected chi connectivity index (χ1v) is 12.7. The molecule has 32 heavy (non-hydrogen) atoms. The molecule has 0 heterocycles. The van der Waals surface area contributed by atoms with Gasteiger partial charge < -0.3 is 0 Å². The molecule has 1 heteroatoms. The van der Waals surface area contributed by atoms with Gasteiger partial charge in [0.2, 0.25) is 0 Å². The van der Waals surface area contributed by atoms with Crippen molar-refractivity contribution in [2.75, 3.05) is 0 Å². The summed E-state index contributed by atoms with van der Waals surface area (Å²) in [5.74, 6) is 0. The quantitative estimate of drug-likeness (QED) is 0.327. The Morgan fingerprint density at radius 3 is 2.03 bits per heavy atom. The fourth-order valence-electron chi connectivity index (χ4n) is 5.95. The van der Waals surface area contributed by atoms with Gasteiger partial charge in [-0.15, -0.1) is 0 Å². The fraction of sp³-hybridized carbons (Fsp3) is 0.355. The summed E-state index contributed by atoms with van der Waals surface area (Å²) >= 11 is 7.46. The molecule has 0 bridgehead atoms. The lowest BCUT2D eigenvalue weighted by atomic mass is 9.67. The smallest absolute Gasteiger partial charge is 0.0494 e. The minimum absolute atomic E-state index is 0.0783. The summed E-state index contributed by atoms with van der Waals surface area (Å²) in [6, 6.07) is 11.3. The minimum Gasteiger partial charge on any atom is -0.0836 e. The van der Waals surface area contributed by atoms with Crippen LogP contribution in [0.4, 0.5) is 0 Å². The van der Waals surface area contributed by atoms with Crippen molar-refractivity contribution in [3.05, 3.63) is 106 Å². The highest BCUT2D eigenvalue weighted by Gasteiger charge is 2.41. The summed E-state index contributed by atoms with van der Waals surface area (Å²) in [4.78, 5) is 0. The van der Waals surface area contributed by atoms with Crippen LogP contribution in [0.5, 0.6) is 0 Å². The number of hydrogen-bond donors (Lipinski definition) is 0. The molecular formula is C31H33Cl. The van der Waals surface area contributed by atoms with Gasteiger partial charge >= 0.3 is 0 Å². The summed E-state index contributed by atoms with van der Waals surface area (Å²) in [6.45, 7) is 4.57. The topological polar surface area (TPSA) is 0 Å². The van der Waals surface area contributed by atoms with Crippen molar-refractivity contribution < 1.29 is 0 Å². The van der Waals surface area contributed by atoms with Gasteiger partial charge in [0, 0.05) is 22.3 Å². The van der Waals surface area contributed by atoms with E-state index in [-0.39, 0.29) is 10.8 Å². The molecule has 0 N–H and O–H groups in total. The van der Waals surface area contributed by atoms with Crippen LogP contribution in [0.3, 0.4) is 0 Å². The summed E-state index contributed by atoms with van der Waals surface area (Å²) in [7, 11) is 0. The van der Waals surface area contributed by atoms with Crippen molar-refractivity contribution in [3.63, 3.8) is 0 Å². The second-order valence-electron chi connectivity index (χ2n) is 9.70. The minimum atomic E-state index is -0.115. The Hall–Kier alpha value is -2.31. The zero-order chi connectivity index (χ0) is 22.2. The predicted octanol–water partition coefficient (Wildman–Crippen LogP) is 9.02. The number of fused-ring (bicyclic) bond motifs is 3. The van der Waals surface area contributed by atoms with Crippen LogP contribution in [-0.4, -0.2) is 0 Å². The van der Waals surface area contributed by atoms with Crippen molar-refractivity contribution in [3.8, 4) is 11.1 Å². The molecule has 0 aliphatic heterocycles. The van der Waals surface area contributed by atoms with E-state index in [0.29, 0.717) is 0 Å². The lowest BCUT2D eigenvalue weighted by molar-refractivity contribution is 0.526. The number of rotatable bonds is 8. The highest BCUT2D eigenvalue weighted by Crippen LogP contribution is 2.53. The number of unbranched alkanes of at least 4 members (excludes halogenated alkanes) is 2. The summed E-state index contributed by atoms with van der Waals surface area (Å²) < 4.78 is 0. The van der Waals surface area contributed by atoms with E-state index in [2.05, 4.69) is 92.8 Å². The van der Waals surface area contributed by atoms with E-state index in [0.717, 1.165) is 24.3 Å². The zero-order valence-electron chi connectivity index (χ0n) is 19.3. The molecule has 164 valence electrons. The molecule has 0 nitrogen and oxygen atoms in total. The molecule has 3 aliphatic rings. The normalized spacial score (nSPS) is 18.5. The van der Waals surface area contributed by atoms with Gasteiger partial charge in [-0.3, -0.25) is 0 Å². The number of allylic oxidation sites excluding steroid dienone is 8. The SMILES string of the molecule is CCCCC1(c2cc3c(c(Cl)c2C2(CCCC)C=CC=C2)Cc2ccccc2-3)C=CC=C1. The Balaban J connectivity index is 1.79. The van der Waals surface area contributed by atoms with Crippen molar-refractivity contribution in [2.24, 2.45) is 0 Å². The molecule has 2 aromatic carbocycles. The largest absolute Gasteiger partial charge is 0.0836 e. The first kappa shape index (κ1) is 21.5. The average molecular weight is 441 g/mol. The Labute approximate surface area is 198 Å². The van der Waals surface area contributed by atoms with Gasteiger partial charge in [0.25, 0.3) is 0 Å². The molecule has 0 atom stereocenters. The monoisotopic (exact) mass is 440 g/mol. The van der Waals surface area contributed by atoms with Gasteiger partial charge in [0.05, 0.1) is 0 Å². The van der Waals surface area contributed by atoms with Crippen LogP contribution in [0.15, 0.2) is 78.9 Å². The van der Waals surface area contributed by atoms with E-state index in [1.807, 2.05) is 0 Å². The van der Waals surface area contributed by atoms with E-state index in [9.17, 15) is 0 Å². The molecule has 0 amide bonds. The molecule has 0 aromatic heterocycles. The maximum Gasteiger partial charge on any atom is 0.0494 e. The first-order chi connectivity index (χ1) is 15.6. The standard InChI is InChI=1S/C31H33Cl/c1-3-5-15-30(17-9-10-18-30)27-22-25-24-14-8-7-13-23(24)21-26(25)29(32)28(27)31(16-6-4-2)19-11-12-20-31/h7-14,17-20,22H,3-6,15-16,21H2,1-2H3. The number of halogens is 1. The number of hydrogen-bond acceptors (Lipinski definition) is 0. The van der Waals surface area contributed by atoms with E-state index < -0.39 is 0 Å². The number of benzene rings is 2. The highest BCUT2D eigenvalue weighted by molar-refractivity contribution is 6.33. The summed E-state index contributed by atoms with van der Waals surface area (Å²) in [5.41, 5.74) is 7.96. The first-order valence-electron chi connectivity index (χ1n) is 12.3. The van der Waals surface area contributed by atoms with E-state index in [4.69, 9.17) is 11.6 Å². The molecule has 5 rings (SSSR count). The molecule has 0 saturated heterocycles. The van der Waals surface area contributed by atoms with Crippen LogP contribution in [-0.2, 0) is 17.3 Å². The average Bonchev–Trinajstić information content (AvgIpc) is 3.56. The van der Waals surface area contributed by atoms with E-state index in [1.54, 1.807) is 0 Å². The molecule has 2 aromatic rings. The maximum absolute atomic E-state index is 7.46. The predicted molar refractivity (Wildman–Crippen MR) is 139 cm³/mol. The second kappa shape index (κ2) is 8.56. The van der Waals surface area contributed by atoms with Crippen molar-refractivity contribution >= 4 is 11.6 Å². The van der Waals surface area contributed by atoms with Gasteiger partial charge in [-0.25, -0.2) is 0 Å². The Morgan fingerprint density at radius 2 is 1.38 bits per heavy atom.